The highest BCUT2D eigenvalue weighted by atomic mass is 79.9. The zero-order valence-electron chi connectivity index (χ0n) is 11.1. The maximum Gasteiger partial charge on any atom is 0.127 e. The van der Waals surface area contributed by atoms with Crippen LogP contribution in [0.5, 0.6) is 5.75 Å². The van der Waals surface area contributed by atoms with Crippen LogP contribution in [0.4, 0.5) is 10.1 Å². The highest BCUT2D eigenvalue weighted by Gasteiger charge is 2.06. The van der Waals surface area contributed by atoms with E-state index < -0.39 is 0 Å². The number of halogens is 2. The molecule has 2 nitrogen and oxygen atoms in total. The summed E-state index contributed by atoms with van der Waals surface area (Å²) in [4.78, 5) is 0. The van der Waals surface area contributed by atoms with Gasteiger partial charge in [-0.25, -0.2) is 4.39 Å². The molecular formula is C17H13BrFNO. The van der Waals surface area contributed by atoms with Crippen LogP contribution in [-0.4, -0.2) is 0 Å². The van der Waals surface area contributed by atoms with Crippen LogP contribution >= 0.6 is 15.9 Å². The Bertz CT molecular complexity index is 784. The monoisotopic (exact) mass is 345 g/mol. The van der Waals surface area contributed by atoms with Crippen molar-refractivity contribution in [2.75, 3.05) is 5.73 Å². The SMILES string of the molecule is Nc1ccc(OCc2cc(F)cc(Br)c2)c2ccccc12. The first-order valence-corrected chi connectivity index (χ1v) is 7.28. The fourth-order valence-corrected chi connectivity index (χ4v) is 2.79. The summed E-state index contributed by atoms with van der Waals surface area (Å²) in [7, 11) is 0. The first-order chi connectivity index (χ1) is 10.1. The number of nitrogen functional groups attached to an aromatic ring is 1. The first-order valence-electron chi connectivity index (χ1n) is 6.48. The van der Waals surface area contributed by atoms with Gasteiger partial charge in [0.1, 0.15) is 18.2 Å². The van der Waals surface area contributed by atoms with Crippen LogP contribution in [0.3, 0.4) is 0 Å². The predicted octanol–water partition coefficient (Wildman–Crippen LogP) is 4.90. The fraction of sp³-hybridized carbons (Fsp3) is 0.0588. The van der Waals surface area contributed by atoms with Crippen molar-refractivity contribution in [3.63, 3.8) is 0 Å². The normalized spacial score (nSPS) is 10.8. The van der Waals surface area contributed by atoms with Gasteiger partial charge in [0.15, 0.2) is 0 Å². The molecule has 0 heterocycles. The van der Waals surface area contributed by atoms with Crippen molar-refractivity contribution in [2.45, 2.75) is 6.61 Å². The summed E-state index contributed by atoms with van der Waals surface area (Å²) < 4.78 is 19.9. The first kappa shape index (κ1) is 13.9. The van der Waals surface area contributed by atoms with Gasteiger partial charge >= 0.3 is 0 Å². The van der Waals surface area contributed by atoms with E-state index in [9.17, 15) is 4.39 Å². The Morgan fingerprint density at radius 1 is 1.00 bits per heavy atom. The van der Waals surface area contributed by atoms with E-state index in [0.717, 1.165) is 22.1 Å². The number of hydrogen-bond acceptors (Lipinski definition) is 2. The smallest absolute Gasteiger partial charge is 0.127 e. The van der Waals surface area contributed by atoms with Crippen LogP contribution in [0.2, 0.25) is 0 Å². The third-order valence-electron chi connectivity index (χ3n) is 3.23. The molecule has 0 amide bonds. The third kappa shape index (κ3) is 3.00. The largest absolute Gasteiger partial charge is 0.488 e. The van der Waals surface area contributed by atoms with Gasteiger partial charge in [0.05, 0.1) is 0 Å². The van der Waals surface area contributed by atoms with Crippen LogP contribution in [0, 0.1) is 5.82 Å². The average molecular weight is 346 g/mol. The summed E-state index contributed by atoms with van der Waals surface area (Å²) in [5, 5.41) is 1.91. The lowest BCUT2D eigenvalue weighted by Crippen LogP contribution is -1.98. The molecule has 0 unspecified atom stereocenters. The van der Waals surface area contributed by atoms with Gasteiger partial charge in [0.25, 0.3) is 0 Å². The Morgan fingerprint density at radius 2 is 1.76 bits per heavy atom. The van der Waals surface area contributed by atoms with Crippen LogP contribution in [0.15, 0.2) is 59.1 Å². The summed E-state index contributed by atoms with van der Waals surface area (Å²) in [5.41, 5.74) is 7.44. The molecular weight excluding hydrogens is 333 g/mol. The molecule has 4 heteroatoms. The Kier molecular flexibility index (Phi) is 3.80. The Morgan fingerprint density at radius 3 is 2.52 bits per heavy atom. The summed E-state index contributed by atoms with van der Waals surface area (Å²) in [6, 6.07) is 16.2. The van der Waals surface area contributed by atoms with E-state index in [1.807, 2.05) is 42.5 Å². The van der Waals surface area contributed by atoms with Gasteiger partial charge in [0, 0.05) is 20.9 Å². The predicted molar refractivity (Wildman–Crippen MR) is 86.8 cm³/mol. The summed E-state index contributed by atoms with van der Waals surface area (Å²) >= 11 is 3.28. The molecule has 0 saturated heterocycles. The molecule has 0 atom stereocenters. The highest BCUT2D eigenvalue weighted by molar-refractivity contribution is 9.10. The minimum absolute atomic E-state index is 0.287. The lowest BCUT2D eigenvalue weighted by molar-refractivity contribution is 0.309. The molecule has 0 aliphatic rings. The fourth-order valence-electron chi connectivity index (χ4n) is 2.28. The van der Waals surface area contributed by atoms with E-state index in [4.69, 9.17) is 10.5 Å². The molecule has 3 rings (SSSR count). The van der Waals surface area contributed by atoms with Crippen molar-refractivity contribution in [1.82, 2.24) is 0 Å². The number of benzene rings is 3. The van der Waals surface area contributed by atoms with Crippen molar-refractivity contribution in [2.24, 2.45) is 0 Å². The minimum Gasteiger partial charge on any atom is -0.488 e. The molecule has 0 aliphatic heterocycles. The molecule has 106 valence electrons. The topological polar surface area (TPSA) is 35.2 Å². The molecule has 3 aromatic carbocycles. The Hall–Kier alpha value is -2.07. The molecule has 0 saturated carbocycles. The molecule has 0 spiro atoms. The number of nitrogens with two attached hydrogens (primary N) is 1. The lowest BCUT2D eigenvalue weighted by atomic mass is 10.1. The molecule has 0 fully saturated rings. The number of fused-ring (bicyclic) bond motifs is 1. The molecule has 21 heavy (non-hydrogen) atoms. The maximum atomic E-state index is 13.4. The number of hydrogen-bond donors (Lipinski definition) is 1. The lowest BCUT2D eigenvalue weighted by Gasteiger charge is -2.11. The highest BCUT2D eigenvalue weighted by Crippen LogP contribution is 2.30. The van der Waals surface area contributed by atoms with E-state index in [0.29, 0.717) is 16.8 Å². The molecule has 2 N–H and O–H groups in total. The second kappa shape index (κ2) is 5.74. The van der Waals surface area contributed by atoms with Gasteiger partial charge in [-0.1, -0.05) is 40.2 Å². The number of anilines is 1. The Labute approximate surface area is 130 Å². The van der Waals surface area contributed by atoms with Crippen molar-refractivity contribution in [3.8, 4) is 5.75 Å². The van der Waals surface area contributed by atoms with Crippen LogP contribution in [-0.2, 0) is 6.61 Å². The second-order valence-corrected chi connectivity index (χ2v) is 5.68. The summed E-state index contributed by atoms with van der Waals surface area (Å²) in [6.45, 7) is 0.296. The van der Waals surface area contributed by atoms with Gasteiger partial charge in [-0.15, -0.1) is 0 Å². The van der Waals surface area contributed by atoms with Gasteiger partial charge < -0.3 is 10.5 Å². The quantitative estimate of drug-likeness (QED) is 0.685. The molecule has 3 aromatic rings. The van der Waals surface area contributed by atoms with Crippen molar-refractivity contribution in [1.29, 1.82) is 0 Å². The van der Waals surface area contributed by atoms with Crippen LogP contribution in [0.25, 0.3) is 10.8 Å². The standard InChI is InChI=1S/C17H13BrFNO/c18-12-7-11(8-13(19)9-12)10-21-17-6-5-16(20)14-3-1-2-4-15(14)17/h1-9H,10,20H2. The van der Waals surface area contributed by atoms with Crippen molar-refractivity contribution >= 4 is 32.4 Å². The van der Waals surface area contributed by atoms with E-state index >= 15 is 0 Å². The Balaban J connectivity index is 1.90. The van der Waals surface area contributed by atoms with Crippen LogP contribution < -0.4 is 10.5 Å². The average Bonchev–Trinajstić information content (AvgIpc) is 2.46. The third-order valence-corrected chi connectivity index (χ3v) is 3.69. The summed E-state index contributed by atoms with van der Waals surface area (Å²) in [6.07, 6.45) is 0. The molecule has 0 aliphatic carbocycles. The maximum absolute atomic E-state index is 13.4. The van der Waals surface area contributed by atoms with Gasteiger partial charge in [-0.3, -0.25) is 0 Å². The minimum atomic E-state index is -0.287. The van der Waals surface area contributed by atoms with E-state index in [1.165, 1.54) is 12.1 Å². The number of ether oxygens (including phenoxy) is 1. The second-order valence-electron chi connectivity index (χ2n) is 4.76. The van der Waals surface area contributed by atoms with E-state index in [-0.39, 0.29) is 5.82 Å². The summed E-state index contributed by atoms with van der Waals surface area (Å²) in [5.74, 6) is 0.449. The number of rotatable bonds is 3. The van der Waals surface area contributed by atoms with Crippen molar-refractivity contribution in [3.05, 3.63) is 70.5 Å². The van der Waals surface area contributed by atoms with Crippen molar-refractivity contribution < 1.29 is 9.13 Å². The van der Waals surface area contributed by atoms with E-state index in [1.54, 1.807) is 0 Å². The van der Waals surface area contributed by atoms with Gasteiger partial charge in [-0.05, 0) is 35.9 Å². The van der Waals surface area contributed by atoms with Crippen LogP contribution in [0.1, 0.15) is 5.56 Å². The molecule has 0 radical (unpaired) electrons. The zero-order valence-corrected chi connectivity index (χ0v) is 12.7. The van der Waals surface area contributed by atoms with E-state index in [2.05, 4.69) is 15.9 Å². The molecule has 0 aromatic heterocycles. The van der Waals surface area contributed by atoms with Gasteiger partial charge in [-0.2, -0.15) is 0 Å². The van der Waals surface area contributed by atoms with Gasteiger partial charge in [0.2, 0.25) is 0 Å². The zero-order chi connectivity index (χ0) is 14.8. The molecule has 0 bridgehead atoms.